The Morgan fingerprint density at radius 3 is 2.56 bits per heavy atom. The molecule has 2 rings (SSSR count). The first-order chi connectivity index (χ1) is 11.6. The molecule has 1 aliphatic rings. The van der Waals surface area contributed by atoms with Gasteiger partial charge in [0, 0.05) is 6.54 Å². The lowest BCUT2D eigenvalue weighted by Gasteiger charge is -2.31. The van der Waals surface area contributed by atoms with E-state index in [0.717, 1.165) is 0 Å². The van der Waals surface area contributed by atoms with Crippen LogP contribution in [0.5, 0.6) is 11.5 Å². The smallest absolute Gasteiger partial charge is 0.326 e. The first kappa shape index (κ1) is 19.0. The van der Waals surface area contributed by atoms with Crippen LogP contribution >= 0.6 is 15.9 Å². The van der Waals surface area contributed by atoms with Crippen LogP contribution in [0.15, 0.2) is 23.2 Å². The zero-order valence-corrected chi connectivity index (χ0v) is 15.7. The van der Waals surface area contributed by atoms with Crippen LogP contribution in [0.1, 0.15) is 20.8 Å². The average molecular weight is 414 g/mol. The number of aliphatic imine (C=N–C) groups is 1. The van der Waals surface area contributed by atoms with Crippen molar-refractivity contribution in [3.05, 3.63) is 18.2 Å². The summed E-state index contributed by atoms with van der Waals surface area (Å²) >= 11 is 3.38. The summed E-state index contributed by atoms with van der Waals surface area (Å²) in [6.07, 6.45) is 0. The van der Waals surface area contributed by atoms with E-state index >= 15 is 0 Å². The van der Waals surface area contributed by atoms with Gasteiger partial charge in [-0.2, -0.15) is 0 Å². The number of aromatic hydroxyl groups is 2. The summed E-state index contributed by atoms with van der Waals surface area (Å²) in [6, 6.07) is 3.71. The van der Waals surface area contributed by atoms with Crippen molar-refractivity contribution in [2.45, 2.75) is 31.2 Å². The third-order valence-electron chi connectivity index (χ3n) is 3.17. The van der Waals surface area contributed by atoms with Gasteiger partial charge in [0.15, 0.2) is 0 Å². The minimum absolute atomic E-state index is 0.0390. The lowest BCUT2D eigenvalue weighted by molar-refractivity contribution is -0.155. The highest BCUT2D eigenvalue weighted by molar-refractivity contribution is 9.10. The molecule has 1 aromatic rings. The third-order valence-corrected chi connectivity index (χ3v) is 3.89. The fourth-order valence-electron chi connectivity index (χ4n) is 2.15. The number of rotatable bonds is 3. The molecule has 0 radical (unpaired) electrons. The highest BCUT2D eigenvalue weighted by atomic mass is 79.9. The zero-order chi connectivity index (χ0) is 18.8. The topological polar surface area (TPSA) is 111 Å². The number of hydrogen-bond donors (Lipinski definition) is 3. The molecule has 136 valence electrons. The number of ether oxygens (including phenoxy) is 1. The number of amidine groups is 1. The van der Waals surface area contributed by atoms with Crippen molar-refractivity contribution in [2.24, 2.45) is 4.99 Å². The van der Waals surface area contributed by atoms with Crippen LogP contribution in [-0.2, 0) is 9.53 Å². The fourth-order valence-corrected chi connectivity index (χ4v) is 2.71. The van der Waals surface area contributed by atoms with E-state index in [1.807, 2.05) is 0 Å². The number of phenols is 2. The monoisotopic (exact) mass is 413 g/mol. The predicted molar refractivity (Wildman–Crippen MR) is 95.5 cm³/mol. The van der Waals surface area contributed by atoms with E-state index in [2.05, 4.69) is 26.2 Å². The van der Waals surface area contributed by atoms with Crippen molar-refractivity contribution < 1.29 is 24.5 Å². The number of urea groups is 1. The second-order valence-electron chi connectivity index (χ2n) is 6.51. The maximum Gasteiger partial charge on any atom is 0.326 e. The van der Waals surface area contributed by atoms with Crippen LogP contribution in [0.2, 0.25) is 0 Å². The standard InChI is InChI=1S/C16H20BrN3O5/c1-16(2,3)25-12(23)8-20-7-9(17)14(19-15(20)24)18-13-10(21)5-4-6-11(13)22/h4-6,9,21-22H,7-8H2,1-3H3,(H,18,19,24). The van der Waals surface area contributed by atoms with E-state index in [-0.39, 0.29) is 36.1 Å². The quantitative estimate of drug-likeness (QED) is 0.519. The van der Waals surface area contributed by atoms with Crippen molar-refractivity contribution in [3.63, 3.8) is 0 Å². The number of amides is 2. The summed E-state index contributed by atoms with van der Waals surface area (Å²) in [6.45, 7) is 5.23. The number of para-hydroxylation sites is 1. The van der Waals surface area contributed by atoms with Gasteiger partial charge in [0.25, 0.3) is 0 Å². The normalized spacial score (nSPS) is 19.7. The highest BCUT2D eigenvalue weighted by Gasteiger charge is 2.31. The molecule has 1 aromatic carbocycles. The van der Waals surface area contributed by atoms with Crippen molar-refractivity contribution in [3.8, 4) is 11.5 Å². The fraction of sp³-hybridized carbons (Fsp3) is 0.438. The molecule has 0 aliphatic carbocycles. The largest absolute Gasteiger partial charge is 0.506 e. The van der Waals surface area contributed by atoms with Crippen LogP contribution in [0.3, 0.4) is 0 Å². The summed E-state index contributed by atoms with van der Waals surface area (Å²) in [5, 5.41) is 22.1. The molecule has 1 aliphatic heterocycles. The van der Waals surface area contributed by atoms with E-state index < -0.39 is 22.4 Å². The molecule has 1 saturated heterocycles. The Morgan fingerprint density at radius 1 is 1.40 bits per heavy atom. The van der Waals surface area contributed by atoms with E-state index in [1.165, 1.54) is 23.1 Å². The van der Waals surface area contributed by atoms with Gasteiger partial charge in [-0.25, -0.2) is 9.79 Å². The van der Waals surface area contributed by atoms with E-state index in [0.29, 0.717) is 0 Å². The van der Waals surface area contributed by atoms with Gasteiger partial charge in [-0.15, -0.1) is 0 Å². The van der Waals surface area contributed by atoms with E-state index in [1.54, 1.807) is 20.8 Å². The molecular formula is C16H20BrN3O5. The summed E-state index contributed by atoms with van der Waals surface area (Å²) in [5.41, 5.74) is -0.672. The molecular weight excluding hydrogens is 394 g/mol. The number of esters is 1. The van der Waals surface area contributed by atoms with Crippen LogP contribution < -0.4 is 5.32 Å². The van der Waals surface area contributed by atoms with Gasteiger partial charge in [-0.3, -0.25) is 10.1 Å². The zero-order valence-electron chi connectivity index (χ0n) is 14.1. The maximum absolute atomic E-state index is 12.2. The number of phenolic OH excluding ortho intramolecular Hbond substituents is 2. The van der Waals surface area contributed by atoms with Gasteiger partial charge < -0.3 is 19.8 Å². The lowest BCUT2D eigenvalue weighted by Crippen LogP contribution is -2.56. The molecule has 1 atom stereocenters. The second kappa shape index (κ2) is 7.30. The molecule has 1 unspecified atom stereocenters. The minimum Gasteiger partial charge on any atom is -0.506 e. The Kier molecular flexibility index (Phi) is 5.56. The second-order valence-corrected chi connectivity index (χ2v) is 7.61. The van der Waals surface area contributed by atoms with Gasteiger partial charge in [0.1, 0.15) is 35.2 Å². The Bertz CT molecular complexity index is 694. The molecule has 0 spiro atoms. The number of benzene rings is 1. The Morgan fingerprint density at radius 2 is 2.00 bits per heavy atom. The molecule has 0 aromatic heterocycles. The molecule has 25 heavy (non-hydrogen) atoms. The van der Waals surface area contributed by atoms with Crippen molar-refractivity contribution >= 4 is 39.5 Å². The number of hydrogen-bond acceptors (Lipinski definition) is 6. The van der Waals surface area contributed by atoms with Crippen molar-refractivity contribution in [1.29, 1.82) is 0 Å². The van der Waals surface area contributed by atoms with Crippen LogP contribution in [0.4, 0.5) is 10.5 Å². The number of alkyl halides is 1. The molecule has 1 fully saturated rings. The summed E-state index contributed by atoms with van der Waals surface area (Å²) in [7, 11) is 0. The van der Waals surface area contributed by atoms with Gasteiger partial charge in [-0.1, -0.05) is 22.0 Å². The Balaban J connectivity index is 2.11. The van der Waals surface area contributed by atoms with Crippen LogP contribution in [-0.4, -0.2) is 56.5 Å². The van der Waals surface area contributed by atoms with Gasteiger partial charge >= 0.3 is 12.0 Å². The Hall–Kier alpha value is -2.29. The van der Waals surface area contributed by atoms with E-state index in [9.17, 15) is 19.8 Å². The molecule has 1 heterocycles. The summed E-state index contributed by atoms with van der Waals surface area (Å²) in [5.74, 6) is -0.710. The molecule has 8 nitrogen and oxygen atoms in total. The Labute approximate surface area is 153 Å². The number of carbonyl (C=O) groups excluding carboxylic acids is 2. The lowest BCUT2D eigenvalue weighted by atomic mass is 10.2. The molecule has 3 N–H and O–H groups in total. The molecule has 2 amide bonds. The summed E-state index contributed by atoms with van der Waals surface area (Å²) in [4.78, 5) is 29.1. The number of halogens is 1. The maximum atomic E-state index is 12.2. The van der Waals surface area contributed by atoms with Gasteiger partial charge in [-0.05, 0) is 32.9 Å². The van der Waals surface area contributed by atoms with Gasteiger partial charge in [0.2, 0.25) is 0 Å². The van der Waals surface area contributed by atoms with Crippen LogP contribution in [0.25, 0.3) is 0 Å². The average Bonchev–Trinajstić information content (AvgIpc) is 2.45. The third kappa shape index (κ3) is 5.09. The van der Waals surface area contributed by atoms with Crippen molar-refractivity contribution in [2.75, 3.05) is 13.1 Å². The highest BCUT2D eigenvalue weighted by Crippen LogP contribution is 2.35. The van der Waals surface area contributed by atoms with Gasteiger partial charge in [0.05, 0.1) is 4.83 Å². The van der Waals surface area contributed by atoms with Crippen LogP contribution in [0, 0.1) is 0 Å². The predicted octanol–water partition coefficient (Wildman–Crippen LogP) is 2.26. The molecule has 0 saturated carbocycles. The number of nitrogens with one attached hydrogen (secondary N) is 1. The first-order valence-corrected chi connectivity index (χ1v) is 8.50. The first-order valence-electron chi connectivity index (χ1n) is 7.58. The number of carbonyl (C=O) groups is 2. The molecule has 0 bridgehead atoms. The van der Waals surface area contributed by atoms with Crippen molar-refractivity contribution in [1.82, 2.24) is 10.2 Å². The summed E-state index contributed by atoms with van der Waals surface area (Å²) < 4.78 is 5.21. The SMILES string of the molecule is CC(C)(C)OC(=O)CN1CC(Br)C(=Nc2c(O)cccc2O)NC1=O. The van der Waals surface area contributed by atoms with E-state index in [4.69, 9.17) is 4.74 Å². The molecule has 9 heteroatoms. The number of nitrogens with zero attached hydrogens (tertiary/aromatic N) is 2. The minimum atomic E-state index is -0.633.